The van der Waals surface area contributed by atoms with Crippen LogP contribution < -0.4 is 5.73 Å². The number of aryl methyl sites for hydroxylation is 1. The molecule has 6 heteroatoms. The summed E-state index contributed by atoms with van der Waals surface area (Å²) in [7, 11) is 4.28. The Bertz CT molecular complexity index is 314. The minimum atomic E-state index is 0. The van der Waals surface area contributed by atoms with E-state index in [1.54, 1.807) is 11.3 Å². The highest BCUT2D eigenvalue weighted by atomic mass is 35.5. The molecule has 1 aliphatic rings. The molecule has 1 atom stereocenters. The van der Waals surface area contributed by atoms with E-state index in [9.17, 15) is 0 Å². The van der Waals surface area contributed by atoms with Crippen LogP contribution in [0, 0.1) is 0 Å². The zero-order valence-electron chi connectivity index (χ0n) is 8.90. The Kier molecular flexibility index (Phi) is 5.88. The minimum absolute atomic E-state index is 0. The van der Waals surface area contributed by atoms with E-state index in [0.717, 1.165) is 18.0 Å². The molecule has 88 valence electrons. The van der Waals surface area contributed by atoms with Gasteiger partial charge >= 0.3 is 0 Å². The van der Waals surface area contributed by atoms with Gasteiger partial charge in [0.2, 0.25) is 0 Å². The van der Waals surface area contributed by atoms with Crippen molar-refractivity contribution in [3.63, 3.8) is 0 Å². The number of anilines is 1. The van der Waals surface area contributed by atoms with E-state index < -0.39 is 0 Å². The standard InChI is InChI=1S/C9H15N3S.2ClH/c1-12(2)6-3-4-7-8(5-6)13-9(10)11-7;;/h6H,3-5H2,1-2H3,(H2,10,11);2*1H. The summed E-state index contributed by atoms with van der Waals surface area (Å²) in [4.78, 5) is 8.00. The number of hydrogen-bond donors (Lipinski definition) is 1. The second-order valence-corrected chi connectivity index (χ2v) is 4.90. The van der Waals surface area contributed by atoms with Crippen molar-refractivity contribution in [3.05, 3.63) is 10.6 Å². The summed E-state index contributed by atoms with van der Waals surface area (Å²) in [5.74, 6) is 0. The molecule has 0 saturated carbocycles. The smallest absolute Gasteiger partial charge is 0.180 e. The van der Waals surface area contributed by atoms with Gasteiger partial charge in [-0.3, -0.25) is 0 Å². The van der Waals surface area contributed by atoms with Gasteiger partial charge in [0.1, 0.15) is 0 Å². The molecule has 1 aromatic heterocycles. The molecule has 0 fully saturated rings. The van der Waals surface area contributed by atoms with Crippen LogP contribution in [0.25, 0.3) is 0 Å². The summed E-state index contributed by atoms with van der Waals surface area (Å²) in [5, 5.41) is 0.726. The van der Waals surface area contributed by atoms with E-state index in [4.69, 9.17) is 5.73 Å². The van der Waals surface area contributed by atoms with Gasteiger partial charge in [0, 0.05) is 10.9 Å². The Labute approximate surface area is 107 Å². The number of hydrogen-bond acceptors (Lipinski definition) is 4. The number of nitrogen functional groups attached to an aromatic ring is 1. The van der Waals surface area contributed by atoms with Crippen molar-refractivity contribution in [2.75, 3.05) is 19.8 Å². The third-order valence-corrected chi connectivity index (χ3v) is 3.61. The van der Waals surface area contributed by atoms with Crippen molar-refractivity contribution in [1.82, 2.24) is 9.88 Å². The second kappa shape index (κ2) is 5.89. The van der Waals surface area contributed by atoms with Gasteiger partial charge in [0.05, 0.1) is 5.69 Å². The number of nitrogens with two attached hydrogens (primary N) is 1. The van der Waals surface area contributed by atoms with Gasteiger partial charge in [0.15, 0.2) is 5.13 Å². The molecular weight excluding hydrogens is 253 g/mol. The number of rotatable bonds is 1. The Morgan fingerprint density at radius 1 is 1.40 bits per heavy atom. The summed E-state index contributed by atoms with van der Waals surface area (Å²) in [6.45, 7) is 0. The minimum Gasteiger partial charge on any atom is -0.375 e. The molecule has 15 heavy (non-hydrogen) atoms. The Morgan fingerprint density at radius 3 is 2.67 bits per heavy atom. The van der Waals surface area contributed by atoms with E-state index in [0.29, 0.717) is 6.04 Å². The van der Waals surface area contributed by atoms with E-state index >= 15 is 0 Å². The lowest BCUT2D eigenvalue weighted by Gasteiger charge is -2.27. The highest BCUT2D eigenvalue weighted by Crippen LogP contribution is 2.29. The van der Waals surface area contributed by atoms with Gasteiger partial charge in [-0.1, -0.05) is 0 Å². The molecule has 0 aliphatic heterocycles. The zero-order valence-corrected chi connectivity index (χ0v) is 11.3. The average Bonchev–Trinajstić information content (AvgIpc) is 2.42. The molecular formula is C9H17Cl2N3S. The molecule has 3 nitrogen and oxygen atoms in total. The largest absolute Gasteiger partial charge is 0.375 e. The maximum absolute atomic E-state index is 5.67. The van der Waals surface area contributed by atoms with Gasteiger partial charge in [-0.25, -0.2) is 4.98 Å². The third-order valence-electron chi connectivity index (χ3n) is 2.66. The van der Waals surface area contributed by atoms with E-state index in [1.165, 1.54) is 17.0 Å². The number of nitrogens with zero attached hydrogens (tertiary/aromatic N) is 2. The molecule has 1 unspecified atom stereocenters. The molecule has 1 aromatic rings. The monoisotopic (exact) mass is 269 g/mol. The Balaban J connectivity index is 0.000000980. The number of halogens is 2. The lowest BCUT2D eigenvalue weighted by molar-refractivity contribution is 0.269. The van der Waals surface area contributed by atoms with Crippen LogP contribution >= 0.6 is 36.2 Å². The molecule has 0 radical (unpaired) electrons. The molecule has 0 aromatic carbocycles. The second-order valence-electron chi connectivity index (χ2n) is 3.78. The predicted octanol–water partition coefficient (Wildman–Crippen LogP) is 1.99. The number of aromatic nitrogens is 1. The Morgan fingerprint density at radius 2 is 2.07 bits per heavy atom. The number of fused-ring (bicyclic) bond motifs is 1. The van der Waals surface area contributed by atoms with Crippen LogP contribution in [-0.2, 0) is 12.8 Å². The van der Waals surface area contributed by atoms with Crippen LogP contribution in [0.2, 0.25) is 0 Å². The van der Waals surface area contributed by atoms with Gasteiger partial charge in [0.25, 0.3) is 0 Å². The third kappa shape index (κ3) is 3.21. The van der Waals surface area contributed by atoms with E-state index in [1.807, 2.05) is 0 Å². The molecule has 1 aliphatic carbocycles. The molecule has 2 N–H and O–H groups in total. The van der Waals surface area contributed by atoms with Crippen LogP contribution in [0.3, 0.4) is 0 Å². The SMILES string of the molecule is CN(C)C1CCc2nc(N)sc2C1.Cl.Cl. The van der Waals surface area contributed by atoms with Crippen LogP contribution in [0.1, 0.15) is 17.0 Å². The van der Waals surface area contributed by atoms with Gasteiger partial charge in [-0.15, -0.1) is 36.2 Å². The van der Waals surface area contributed by atoms with Crippen LogP contribution in [0.15, 0.2) is 0 Å². The summed E-state index contributed by atoms with van der Waals surface area (Å²) < 4.78 is 0. The lowest BCUT2D eigenvalue weighted by Crippen LogP contribution is -2.32. The fraction of sp³-hybridized carbons (Fsp3) is 0.667. The van der Waals surface area contributed by atoms with Gasteiger partial charge < -0.3 is 10.6 Å². The fourth-order valence-corrected chi connectivity index (χ4v) is 2.77. The summed E-state index contributed by atoms with van der Waals surface area (Å²) >= 11 is 1.65. The van der Waals surface area contributed by atoms with E-state index in [2.05, 4.69) is 24.0 Å². The first kappa shape index (κ1) is 15.0. The maximum atomic E-state index is 5.67. The maximum Gasteiger partial charge on any atom is 0.180 e. The van der Waals surface area contributed by atoms with Crippen molar-refractivity contribution in [2.24, 2.45) is 0 Å². The van der Waals surface area contributed by atoms with Crippen LogP contribution in [0.5, 0.6) is 0 Å². The summed E-state index contributed by atoms with van der Waals surface area (Å²) in [6.07, 6.45) is 3.42. The molecule has 1 heterocycles. The highest BCUT2D eigenvalue weighted by Gasteiger charge is 2.22. The summed E-state index contributed by atoms with van der Waals surface area (Å²) in [5.41, 5.74) is 6.91. The molecule has 0 amide bonds. The van der Waals surface area contributed by atoms with Crippen molar-refractivity contribution >= 4 is 41.3 Å². The summed E-state index contributed by atoms with van der Waals surface area (Å²) in [6, 6.07) is 0.673. The van der Waals surface area contributed by atoms with Crippen LogP contribution in [-0.4, -0.2) is 30.0 Å². The Hall–Kier alpha value is -0.0300. The van der Waals surface area contributed by atoms with Crippen molar-refractivity contribution in [1.29, 1.82) is 0 Å². The normalized spacial score (nSPS) is 19.0. The van der Waals surface area contributed by atoms with Crippen molar-refractivity contribution in [3.8, 4) is 0 Å². The quantitative estimate of drug-likeness (QED) is 0.848. The van der Waals surface area contributed by atoms with Crippen LogP contribution in [0.4, 0.5) is 5.13 Å². The zero-order chi connectivity index (χ0) is 9.42. The fourth-order valence-electron chi connectivity index (χ4n) is 1.82. The first-order valence-electron chi connectivity index (χ1n) is 4.57. The molecule has 0 saturated heterocycles. The molecule has 0 spiro atoms. The van der Waals surface area contributed by atoms with Crippen molar-refractivity contribution in [2.45, 2.75) is 25.3 Å². The topological polar surface area (TPSA) is 42.2 Å². The number of likely N-dealkylation sites (N-methyl/N-ethyl adjacent to an activating group) is 1. The highest BCUT2D eigenvalue weighted by molar-refractivity contribution is 7.15. The first-order valence-corrected chi connectivity index (χ1v) is 5.39. The molecule has 0 bridgehead atoms. The lowest BCUT2D eigenvalue weighted by atomic mass is 9.97. The van der Waals surface area contributed by atoms with E-state index in [-0.39, 0.29) is 24.8 Å². The van der Waals surface area contributed by atoms with Crippen molar-refractivity contribution < 1.29 is 0 Å². The van der Waals surface area contributed by atoms with Gasteiger partial charge in [-0.2, -0.15) is 0 Å². The number of thiazole rings is 1. The average molecular weight is 270 g/mol. The predicted molar refractivity (Wildman–Crippen MR) is 70.5 cm³/mol. The first-order chi connectivity index (χ1) is 6.16. The molecule has 2 rings (SSSR count). The van der Waals surface area contributed by atoms with Gasteiger partial charge in [-0.05, 0) is 33.4 Å².